The highest BCUT2D eigenvalue weighted by molar-refractivity contribution is 5.88. The van der Waals surface area contributed by atoms with Gasteiger partial charge in [-0.15, -0.1) is 0 Å². The Kier molecular flexibility index (Phi) is 4.98. The highest BCUT2D eigenvalue weighted by atomic mass is 16.4. The predicted octanol–water partition coefficient (Wildman–Crippen LogP) is 0.994. The van der Waals surface area contributed by atoms with E-state index in [0.29, 0.717) is 5.57 Å². The number of allylic oxidation sites excluding steroid dienone is 4. The third kappa shape index (κ3) is 2.67. The number of phenols is 2. The highest BCUT2D eigenvalue weighted by Crippen LogP contribution is 2.34. The first-order valence-corrected chi connectivity index (χ1v) is 6.17. The summed E-state index contributed by atoms with van der Waals surface area (Å²) < 4.78 is 5.48. The molecule has 0 amide bonds. The summed E-state index contributed by atoms with van der Waals surface area (Å²) in [6.45, 7) is 0. The third-order valence-electron chi connectivity index (χ3n) is 3.19. The van der Waals surface area contributed by atoms with Crippen molar-refractivity contribution in [2.75, 3.05) is 0 Å². The van der Waals surface area contributed by atoms with Crippen molar-refractivity contribution >= 4 is 16.5 Å². The first-order valence-electron chi connectivity index (χ1n) is 6.17. The topological polar surface area (TPSA) is 154 Å². The quantitative estimate of drug-likeness (QED) is 0.716. The molecule has 0 atom stereocenters. The van der Waals surface area contributed by atoms with E-state index in [-0.39, 0.29) is 33.4 Å². The fourth-order valence-corrected chi connectivity index (χ4v) is 2.25. The summed E-state index contributed by atoms with van der Waals surface area (Å²) >= 11 is 0. The van der Waals surface area contributed by atoms with E-state index < -0.39 is 16.9 Å². The molecule has 1 aliphatic carbocycles. The van der Waals surface area contributed by atoms with Crippen LogP contribution in [0.1, 0.15) is 18.6 Å². The minimum atomic E-state index is -0.723. The standard InChI is InChI=1S/C15H12O5.2H2O/c16-9-6-10(17)12-11(7-9)20-15(14(19)13(12)18)8-4-2-1-3-5-8;;/h2,4-7,16-17,19H,1,3H2;2*1H2. The van der Waals surface area contributed by atoms with Crippen LogP contribution in [0.5, 0.6) is 17.2 Å². The van der Waals surface area contributed by atoms with Crippen molar-refractivity contribution in [1.29, 1.82) is 0 Å². The summed E-state index contributed by atoms with van der Waals surface area (Å²) in [5, 5.41) is 29.0. The van der Waals surface area contributed by atoms with Crippen LogP contribution >= 0.6 is 0 Å². The lowest BCUT2D eigenvalue weighted by Crippen LogP contribution is -2.04. The minimum Gasteiger partial charge on any atom is -0.508 e. The Morgan fingerprint density at radius 3 is 2.41 bits per heavy atom. The zero-order valence-corrected chi connectivity index (χ0v) is 11.5. The van der Waals surface area contributed by atoms with Gasteiger partial charge in [-0.1, -0.05) is 18.2 Å². The smallest absolute Gasteiger partial charge is 0.238 e. The highest BCUT2D eigenvalue weighted by Gasteiger charge is 2.19. The van der Waals surface area contributed by atoms with Crippen LogP contribution in [0.25, 0.3) is 16.5 Å². The van der Waals surface area contributed by atoms with Gasteiger partial charge in [0.05, 0.1) is 0 Å². The first kappa shape index (κ1) is 17.3. The lowest BCUT2D eigenvalue weighted by atomic mass is 10.0. The summed E-state index contributed by atoms with van der Waals surface area (Å²) in [4.78, 5) is 12.1. The van der Waals surface area contributed by atoms with Gasteiger partial charge >= 0.3 is 0 Å². The maximum Gasteiger partial charge on any atom is 0.238 e. The van der Waals surface area contributed by atoms with E-state index in [2.05, 4.69) is 0 Å². The summed E-state index contributed by atoms with van der Waals surface area (Å²) in [6.07, 6.45) is 7.21. The minimum absolute atomic E-state index is 0. The molecule has 0 aliphatic heterocycles. The maximum absolute atomic E-state index is 12.1. The Bertz CT molecular complexity index is 815. The molecule has 0 fully saturated rings. The second-order valence-electron chi connectivity index (χ2n) is 4.59. The van der Waals surface area contributed by atoms with Crippen molar-refractivity contribution < 1.29 is 30.7 Å². The van der Waals surface area contributed by atoms with Crippen LogP contribution in [0, 0.1) is 0 Å². The Hall–Kier alpha value is -2.77. The van der Waals surface area contributed by atoms with Gasteiger partial charge in [-0.05, 0) is 12.8 Å². The van der Waals surface area contributed by atoms with Crippen molar-refractivity contribution in [3.63, 3.8) is 0 Å². The Morgan fingerprint density at radius 2 is 1.77 bits per heavy atom. The molecule has 1 heterocycles. The van der Waals surface area contributed by atoms with Crippen molar-refractivity contribution in [2.24, 2.45) is 0 Å². The lowest BCUT2D eigenvalue weighted by Gasteiger charge is -2.10. The monoisotopic (exact) mass is 308 g/mol. The van der Waals surface area contributed by atoms with Gasteiger partial charge in [-0.25, -0.2) is 0 Å². The van der Waals surface area contributed by atoms with Crippen LogP contribution in [-0.4, -0.2) is 26.3 Å². The molecular weight excluding hydrogens is 292 g/mol. The van der Waals surface area contributed by atoms with E-state index >= 15 is 0 Å². The molecule has 1 aromatic carbocycles. The van der Waals surface area contributed by atoms with Crippen LogP contribution in [0.2, 0.25) is 0 Å². The third-order valence-corrected chi connectivity index (χ3v) is 3.19. The van der Waals surface area contributed by atoms with Gasteiger partial charge in [0.1, 0.15) is 22.5 Å². The van der Waals surface area contributed by atoms with Gasteiger partial charge in [0.2, 0.25) is 11.2 Å². The van der Waals surface area contributed by atoms with Gasteiger partial charge in [0, 0.05) is 17.7 Å². The molecule has 0 radical (unpaired) electrons. The fraction of sp³-hybridized carbons (Fsp3) is 0.133. The number of hydrogen-bond acceptors (Lipinski definition) is 5. The predicted molar refractivity (Wildman–Crippen MR) is 81.1 cm³/mol. The Balaban J connectivity index is 0.00000121. The second kappa shape index (κ2) is 6.33. The molecule has 1 aliphatic rings. The van der Waals surface area contributed by atoms with Crippen LogP contribution in [-0.2, 0) is 0 Å². The van der Waals surface area contributed by atoms with E-state index in [1.54, 1.807) is 6.08 Å². The van der Waals surface area contributed by atoms with Gasteiger partial charge in [0.25, 0.3) is 0 Å². The van der Waals surface area contributed by atoms with Gasteiger partial charge < -0.3 is 30.7 Å². The van der Waals surface area contributed by atoms with E-state index in [1.165, 1.54) is 6.07 Å². The van der Waals surface area contributed by atoms with Crippen molar-refractivity contribution in [2.45, 2.75) is 12.8 Å². The average Bonchev–Trinajstić information content (AvgIpc) is 2.43. The van der Waals surface area contributed by atoms with Crippen LogP contribution in [0.4, 0.5) is 0 Å². The SMILES string of the molecule is O.O.O=c1c(O)c(C2=CCCC=C2)oc2cc(O)cc(O)c12. The molecule has 0 bridgehead atoms. The molecule has 0 saturated carbocycles. The van der Waals surface area contributed by atoms with Gasteiger partial charge in [-0.2, -0.15) is 0 Å². The molecule has 7 heteroatoms. The van der Waals surface area contributed by atoms with Gasteiger partial charge in [-0.3, -0.25) is 4.79 Å². The zero-order chi connectivity index (χ0) is 14.3. The number of fused-ring (bicyclic) bond motifs is 1. The summed E-state index contributed by atoms with van der Waals surface area (Å²) in [6, 6.07) is 2.25. The molecule has 1 aromatic heterocycles. The van der Waals surface area contributed by atoms with Crippen LogP contribution in [0.15, 0.2) is 39.6 Å². The van der Waals surface area contributed by atoms with Crippen LogP contribution < -0.4 is 5.43 Å². The first-order chi connectivity index (χ1) is 9.58. The molecule has 7 nitrogen and oxygen atoms in total. The van der Waals surface area contributed by atoms with E-state index in [0.717, 1.165) is 18.9 Å². The summed E-state index contributed by atoms with van der Waals surface area (Å²) in [5.41, 5.74) is -0.0885. The molecule has 22 heavy (non-hydrogen) atoms. The Labute approximate surface area is 124 Å². The maximum atomic E-state index is 12.1. The fourth-order valence-electron chi connectivity index (χ4n) is 2.25. The van der Waals surface area contributed by atoms with E-state index in [9.17, 15) is 20.1 Å². The molecule has 7 N–H and O–H groups in total. The van der Waals surface area contributed by atoms with Crippen LogP contribution in [0.3, 0.4) is 0 Å². The average molecular weight is 308 g/mol. The number of benzene rings is 1. The number of phenolic OH excluding ortho intramolecular Hbond substituents is 2. The largest absolute Gasteiger partial charge is 0.508 e. The number of aromatic hydroxyl groups is 3. The molecular formula is C15H16O7. The van der Waals surface area contributed by atoms with E-state index in [4.69, 9.17) is 4.42 Å². The van der Waals surface area contributed by atoms with Crippen molar-refractivity contribution in [1.82, 2.24) is 0 Å². The van der Waals surface area contributed by atoms with Gasteiger partial charge in [0.15, 0.2) is 5.76 Å². The molecule has 0 saturated heterocycles. The van der Waals surface area contributed by atoms with E-state index in [1.807, 2.05) is 12.2 Å². The number of rotatable bonds is 1. The summed E-state index contributed by atoms with van der Waals surface area (Å²) in [5.74, 6) is -1.15. The number of hydrogen-bond donors (Lipinski definition) is 3. The molecule has 3 rings (SSSR count). The van der Waals surface area contributed by atoms with Crippen molar-refractivity contribution in [3.05, 3.63) is 46.3 Å². The molecule has 118 valence electrons. The Morgan fingerprint density at radius 1 is 1.05 bits per heavy atom. The molecule has 0 spiro atoms. The second-order valence-corrected chi connectivity index (χ2v) is 4.59. The molecule has 0 unspecified atom stereocenters. The van der Waals surface area contributed by atoms with Crippen molar-refractivity contribution in [3.8, 4) is 17.2 Å². The zero-order valence-electron chi connectivity index (χ0n) is 11.5. The summed E-state index contributed by atoms with van der Waals surface area (Å²) in [7, 11) is 0. The normalized spacial score (nSPS) is 13.2. The lowest BCUT2D eigenvalue weighted by molar-refractivity contribution is 0.428. The molecule has 2 aromatic rings.